The second-order valence-corrected chi connectivity index (χ2v) is 7.84. The van der Waals surface area contributed by atoms with Crippen LogP contribution in [0.4, 0.5) is 5.82 Å². The van der Waals surface area contributed by atoms with Gasteiger partial charge in [-0.2, -0.15) is 0 Å². The molecule has 32 heavy (non-hydrogen) atoms. The first-order valence-corrected chi connectivity index (χ1v) is 11.0. The van der Waals surface area contributed by atoms with Gasteiger partial charge < -0.3 is 14.5 Å². The standard InChI is InChI=1S/C25H25N5O2/c1-31-19-13-11-18(12-14-19)24-29-30-25(32-24)23-27-21-10-6-5-9-20(21)22(28-23)26-16-15-17-7-3-2-4-8-17/h5-7,9-14H,2-4,8,15-16H2,1H3,(H,26,27,28). The van der Waals surface area contributed by atoms with Crippen LogP contribution >= 0.6 is 0 Å². The van der Waals surface area contributed by atoms with Gasteiger partial charge in [-0.25, -0.2) is 9.97 Å². The van der Waals surface area contributed by atoms with Gasteiger partial charge in [0, 0.05) is 17.5 Å². The number of benzene rings is 2. The molecule has 2 aromatic heterocycles. The maximum atomic E-state index is 5.91. The number of fused-ring (bicyclic) bond motifs is 1. The summed E-state index contributed by atoms with van der Waals surface area (Å²) in [6.07, 6.45) is 8.40. The molecule has 1 aliphatic carbocycles. The van der Waals surface area contributed by atoms with Gasteiger partial charge in [0.25, 0.3) is 5.89 Å². The van der Waals surface area contributed by atoms with E-state index in [0.717, 1.165) is 41.0 Å². The van der Waals surface area contributed by atoms with Crippen molar-refractivity contribution >= 4 is 16.7 Å². The number of hydrogen-bond donors (Lipinski definition) is 1. The molecule has 0 unspecified atom stereocenters. The first-order chi connectivity index (χ1) is 15.8. The summed E-state index contributed by atoms with van der Waals surface area (Å²) in [6, 6.07) is 15.4. The average Bonchev–Trinajstić information content (AvgIpc) is 3.35. The highest BCUT2D eigenvalue weighted by atomic mass is 16.5. The maximum Gasteiger partial charge on any atom is 0.286 e. The lowest BCUT2D eigenvalue weighted by molar-refractivity contribution is 0.415. The van der Waals surface area contributed by atoms with Crippen molar-refractivity contribution in [1.82, 2.24) is 20.2 Å². The number of nitrogens with zero attached hydrogens (tertiary/aromatic N) is 4. The normalized spacial score (nSPS) is 13.7. The molecule has 0 aliphatic heterocycles. The fourth-order valence-corrected chi connectivity index (χ4v) is 3.94. The minimum atomic E-state index is 0.291. The van der Waals surface area contributed by atoms with E-state index in [1.165, 1.54) is 31.3 Å². The zero-order valence-corrected chi connectivity index (χ0v) is 18.0. The lowest BCUT2D eigenvalue weighted by Gasteiger charge is -2.14. The van der Waals surface area contributed by atoms with Crippen molar-refractivity contribution in [2.75, 3.05) is 19.0 Å². The van der Waals surface area contributed by atoms with E-state index in [4.69, 9.17) is 14.1 Å². The van der Waals surface area contributed by atoms with Crippen molar-refractivity contribution in [2.24, 2.45) is 0 Å². The minimum Gasteiger partial charge on any atom is -0.497 e. The van der Waals surface area contributed by atoms with Crippen molar-refractivity contribution in [3.05, 3.63) is 60.2 Å². The smallest absolute Gasteiger partial charge is 0.286 e. The van der Waals surface area contributed by atoms with Crippen LogP contribution in [0.25, 0.3) is 34.1 Å². The van der Waals surface area contributed by atoms with E-state index in [2.05, 4.69) is 26.6 Å². The molecule has 0 atom stereocenters. The predicted molar refractivity (Wildman–Crippen MR) is 124 cm³/mol. The van der Waals surface area contributed by atoms with Crippen molar-refractivity contribution in [3.63, 3.8) is 0 Å². The quantitative estimate of drug-likeness (QED) is 0.381. The number of aromatic nitrogens is 4. The number of hydrogen-bond acceptors (Lipinski definition) is 7. The number of ether oxygens (including phenoxy) is 1. The van der Waals surface area contributed by atoms with Gasteiger partial charge in [-0.15, -0.1) is 10.2 Å². The molecule has 2 aromatic carbocycles. The Balaban J connectivity index is 1.41. The minimum absolute atomic E-state index is 0.291. The lowest BCUT2D eigenvalue weighted by atomic mass is 9.97. The largest absolute Gasteiger partial charge is 0.497 e. The van der Waals surface area contributed by atoms with Gasteiger partial charge in [0.15, 0.2) is 0 Å². The highest BCUT2D eigenvalue weighted by Crippen LogP contribution is 2.28. The third-order valence-electron chi connectivity index (χ3n) is 5.68. The number of nitrogens with one attached hydrogen (secondary N) is 1. The monoisotopic (exact) mass is 427 g/mol. The third-order valence-corrected chi connectivity index (χ3v) is 5.68. The molecule has 0 radical (unpaired) electrons. The van der Waals surface area contributed by atoms with Crippen LogP contribution in [0, 0.1) is 0 Å². The molecule has 0 amide bonds. The fraction of sp³-hybridized carbons (Fsp3) is 0.280. The molecule has 0 spiro atoms. The molecule has 1 N–H and O–H groups in total. The van der Waals surface area contributed by atoms with E-state index in [1.54, 1.807) is 7.11 Å². The molecule has 162 valence electrons. The van der Waals surface area contributed by atoms with Crippen LogP contribution in [0.2, 0.25) is 0 Å². The highest BCUT2D eigenvalue weighted by Gasteiger charge is 2.16. The average molecular weight is 428 g/mol. The summed E-state index contributed by atoms with van der Waals surface area (Å²) in [5.41, 5.74) is 3.17. The van der Waals surface area contributed by atoms with E-state index >= 15 is 0 Å². The Bertz CT molecular complexity index is 1250. The first kappa shape index (κ1) is 20.2. The molecule has 7 heteroatoms. The summed E-state index contributed by atoms with van der Waals surface area (Å²) in [6.45, 7) is 0.827. The van der Waals surface area contributed by atoms with Crippen LogP contribution in [-0.4, -0.2) is 33.8 Å². The Labute approximate surface area is 186 Å². The van der Waals surface area contributed by atoms with E-state index in [-0.39, 0.29) is 0 Å². The van der Waals surface area contributed by atoms with E-state index in [1.807, 2.05) is 48.5 Å². The zero-order chi connectivity index (χ0) is 21.8. The van der Waals surface area contributed by atoms with Gasteiger partial charge in [0.05, 0.1) is 12.6 Å². The van der Waals surface area contributed by atoms with Gasteiger partial charge in [-0.3, -0.25) is 0 Å². The predicted octanol–water partition coefficient (Wildman–Crippen LogP) is 5.66. The summed E-state index contributed by atoms with van der Waals surface area (Å²) in [5, 5.41) is 12.9. The van der Waals surface area contributed by atoms with Crippen LogP contribution in [0.5, 0.6) is 5.75 Å². The van der Waals surface area contributed by atoms with Crippen molar-refractivity contribution in [1.29, 1.82) is 0 Å². The van der Waals surface area contributed by atoms with Crippen LogP contribution in [0.15, 0.2) is 64.6 Å². The van der Waals surface area contributed by atoms with Crippen molar-refractivity contribution in [2.45, 2.75) is 32.1 Å². The van der Waals surface area contributed by atoms with E-state index in [9.17, 15) is 0 Å². The Kier molecular flexibility index (Phi) is 5.79. The van der Waals surface area contributed by atoms with Gasteiger partial charge in [-0.05, 0) is 68.5 Å². The van der Waals surface area contributed by atoms with E-state index in [0.29, 0.717) is 17.6 Å². The van der Waals surface area contributed by atoms with Crippen molar-refractivity contribution < 1.29 is 9.15 Å². The molecular weight excluding hydrogens is 402 g/mol. The molecule has 7 nitrogen and oxygen atoms in total. The zero-order valence-electron chi connectivity index (χ0n) is 18.0. The Morgan fingerprint density at radius 1 is 0.969 bits per heavy atom. The number of rotatable bonds is 7. The summed E-state index contributed by atoms with van der Waals surface area (Å²) in [7, 11) is 1.63. The molecule has 4 aromatic rings. The topological polar surface area (TPSA) is 86.0 Å². The first-order valence-electron chi connectivity index (χ1n) is 11.0. The van der Waals surface area contributed by atoms with Crippen LogP contribution in [0.1, 0.15) is 32.1 Å². The maximum absolute atomic E-state index is 5.91. The highest BCUT2D eigenvalue weighted by molar-refractivity contribution is 5.90. The SMILES string of the molecule is COc1ccc(-c2nnc(-c3nc(NCCC4=CCCCC4)c4ccccc4n3)o2)cc1. The van der Waals surface area contributed by atoms with Crippen LogP contribution in [0.3, 0.4) is 0 Å². The molecule has 0 saturated heterocycles. The molecule has 5 rings (SSSR count). The van der Waals surface area contributed by atoms with E-state index < -0.39 is 0 Å². The van der Waals surface area contributed by atoms with Gasteiger partial charge in [-0.1, -0.05) is 23.8 Å². The second-order valence-electron chi connectivity index (χ2n) is 7.84. The Hall–Kier alpha value is -3.74. The number of anilines is 1. The molecule has 0 bridgehead atoms. The number of methoxy groups -OCH3 is 1. The Morgan fingerprint density at radius 3 is 2.62 bits per heavy atom. The molecule has 1 aliphatic rings. The molecule has 0 fully saturated rings. The lowest BCUT2D eigenvalue weighted by Crippen LogP contribution is -2.07. The third kappa shape index (κ3) is 4.32. The van der Waals surface area contributed by atoms with Crippen LogP contribution in [-0.2, 0) is 0 Å². The summed E-state index contributed by atoms with van der Waals surface area (Å²) >= 11 is 0. The summed E-state index contributed by atoms with van der Waals surface area (Å²) in [5.74, 6) is 2.67. The number of para-hydroxylation sites is 1. The molecule has 0 saturated carbocycles. The molecule has 2 heterocycles. The fourth-order valence-electron chi connectivity index (χ4n) is 3.94. The summed E-state index contributed by atoms with van der Waals surface area (Å²) < 4.78 is 11.1. The van der Waals surface area contributed by atoms with Gasteiger partial charge in [0.2, 0.25) is 11.7 Å². The Morgan fingerprint density at radius 2 is 1.81 bits per heavy atom. The van der Waals surface area contributed by atoms with Gasteiger partial charge >= 0.3 is 0 Å². The second kappa shape index (κ2) is 9.18. The van der Waals surface area contributed by atoms with Crippen LogP contribution < -0.4 is 10.1 Å². The molecular formula is C25H25N5O2. The van der Waals surface area contributed by atoms with Gasteiger partial charge in [0.1, 0.15) is 11.6 Å². The summed E-state index contributed by atoms with van der Waals surface area (Å²) in [4.78, 5) is 9.39. The van der Waals surface area contributed by atoms with Crippen molar-refractivity contribution in [3.8, 4) is 28.9 Å². The number of allylic oxidation sites excluding steroid dienone is 1.